The molecule has 2 nitrogen and oxygen atoms in total. The summed E-state index contributed by atoms with van der Waals surface area (Å²) in [4.78, 5) is 0. The van der Waals surface area contributed by atoms with Gasteiger partial charge in [-0.3, -0.25) is 0 Å². The highest BCUT2D eigenvalue weighted by Crippen LogP contribution is 2.25. The fourth-order valence-electron chi connectivity index (χ4n) is 1.03. The SMILES string of the molecule is COc1cc(CCN)ccc1Br.Cl. The van der Waals surface area contributed by atoms with E-state index < -0.39 is 0 Å². The van der Waals surface area contributed by atoms with Gasteiger partial charge in [-0.25, -0.2) is 0 Å². The van der Waals surface area contributed by atoms with Gasteiger partial charge in [0.25, 0.3) is 0 Å². The van der Waals surface area contributed by atoms with Crippen LogP contribution >= 0.6 is 28.3 Å². The minimum atomic E-state index is 0. The number of methoxy groups -OCH3 is 1. The Kier molecular flexibility index (Phi) is 6.12. The van der Waals surface area contributed by atoms with Crippen LogP contribution in [0.15, 0.2) is 22.7 Å². The molecule has 1 aromatic rings. The number of rotatable bonds is 3. The average molecular weight is 267 g/mol. The zero-order chi connectivity index (χ0) is 8.97. The van der Waals surface area contributed by atoms with Crippen LogP contribution in [0.5, 0.6) is 5.75 Å². The lowest BCUT2D eigenvalue weighted by atomic mass is 10.1. The van der Waals surface area contributed by atoms with Gasteiger partial charge in [0.15, 0.2) is 0 Å². The highest BCUT2D eigenvalue weighted by Gasteiger charge is 1.99. The van der Waals surface area contributed by atoms with E-state index in [1.807, 2.05) is 18.2 Å². The van der Waals surface area contributed by atoms with Gasteiger partial charge in [0.05, 0.1) is 11.6 Å². The smallest absolute Gasteiger partial charge is 0.133 e. The van der Waals surface area contributed by atoms with Gasteiger partial charge in [-0.05, 0) is 46.6 Å². The normalized spacial score (nSPS) is 9.15. The summed E-state index contributed by atoms with van der Waals surface area (Å²) in [5.74, 6) is 0.862. The van der Waals surface area contributed by atoms with E-state index in [-0.39, 0.29) is 12.4 Å². The Balaban J connectivity index is 0.00000144. The fourth-order valence-corrected chi connectivity index (χ4v) is 1.43. The predicted molar refractivity (Wildman–Crippen MR) is 60.7 cm³/mol. The Bertz CT molecular complexity index is 268. The second-order valence-electron chi connectivity index (χ2n) is 2.51. The van der Waals surface area contributed by atoms with Crippen LogP contribution in [0.3, 0.4) is 0 Å². The number of nitrogens with two attached hydrogens (primary N) is 1. The van der Waals surface area contributed by atoms with Gasteiger partial charge in [-0.2, -0.15) is 0 Å². The van der Waals surface area contributed by atoms with Crippen LogP contribution in [0, 0.1) is 0 Å². The standard InChI is InChI=1S/C9H12BrNO.ClH/c1-12-9-6-7(4-5-11)2-3-8(9)10;/h2-3,6H,4-5,11H2,1H3;1H. The molecule has 74 valence electrons. The topological polar surface area (TPSA) is 35.2 Å². The van der Waals surface area contributed by atoms with E-state index >= 15 is 0 Å². The van der Waals surface area contributed by atoms with Crippen molar-refractivity contribution in [3.05, 3.63) is 28.2 Å². The maximum atomic E-state index is 5.44. The molecule has 0 aliphatic carbocycles. The molecule has 0 saturated carbocycles. The molecule has 0 bridgehead atoms. The number of hydrogen-bond donors (Lipinski definition) is 1. The summed E-state index contributed by atoms with van der Waals surface area (Å²) in [6.45, 7) is 0.671. The summed E-state index contributed by atoms with van der Waals surface area (Å²) in [7, 11) is 1.66. The van der Waals surface area contributed by atoms with Crippen LogP contribution < -0.4 is 10.5 Å². The molecule has 1 rings (SSSR count). The van der Waals surface area contributed by atoms with Crippen molar-refractivity contribution in [1.82, 2.24) is 0 Å². The molecule has 2 N–H and O–H groups in total. The van der Waals surface area contributed by atoms with Gasteiger partial charge in [0.1, 0.15) is 5.75 Å². The highest BCUT2D eigenvalue weighted by atomic mass is 79.9. The monoisotopic (exact) mass is 265 g/mol. The molecule has 4 heteroatoms. The molecule has 0 spiro atoms. The Morgan fingerprint density at radius 1 is 1.46 bits per heavy atom. The van der Waals surface area contributed by atoms with E-state index in [9.17, 15) is 0 Å². The number of hydrogen-bond acceptors (Lipinski definition) is 2. The van der Waals surface area contributed by atoms with Crippen LogP contribution in [-0.4, -0.2) is 13.7 Å². The van der Waals surface area contributed by atoms with E-state index in [4.69, 9.17) is 10.5 Å². The maximum absolute atomic E-state index is 5.44. The number of ether oxygens (including phenoxy) is 1. The van der Waals surface area contributed by atoms with Crippen molar-refractivity contribution in [2.75, 3.05) is 13.7 Å². The van der Waals surface area contributed by atoms with Gasteiger partial charge in [0.2, 0.25) is 0 Å². The van der Waals surface area contributed by atoms with E-state index in [2.05, 4.69) is 15.9 Å². The second-order valence-corrected chi connectivity index (χ2v) is 3.36. The largest absolute Gasteiger partial charge is 0.496 e. The summed E-state index contributed by atoms with van der Waals surface area (Å²) >= 11 is 3.39. The number of halogens is 2. The Hall–Kier alpha value is -0.250. The van der Waals surface area contributed by atoms with Crippen molar-refractivity contribution in [3.63, 3.8) is 0 Å². The summed E-state index contributed by atoms with van der Waals surface area (Å²) in [5.41, 5.74) is 6.64. The van der Waals surface area contributed by atoms with Gasteiger partial charge in [-0.15, -0.1) is 12.4 Å². The minimum Gasteiger partial charge on any atom is -0.496 e. The third kappa shape index (κ3) is 3.55. The molecule has 0 aromatic heterocycles. The van der Waals surface area contributed by atoms with Crippen LogP contribution in [0.25, 0.3) is 0 Å². The van der Waals surface area contributed by atoms with Crippen LogP contribution in [0.4, 0.5) is 0 Å². The Morgan fingerprint density at radius 3 is 2.69 bits per heavy atom. The van der Waals surface area contributed by atoms with Crippen molar-refractivity contribution < 1.29 is 4.74 Å². The molecule has 0 fully saturated rings. The lowest BCUT2D eigenvalue weighted by Gasteiger charge is -2.05. The van der Waals surface area contributed by atoms with E-state index in [1.165, 1.54) is 5.56 Å². The van der Waals surface area contributed by atoms with E-state index in [1.54, 1.807) is 7.11 Å². The van der Waals surface area contributed by atoms with Crippen molar-refractivity contribution in [2.24, 2.45) is 5.73 Å². The third-order valence-corrected chi connectivity index (χ3v) is 2.30. The maximum Gasteiger partial charge on any atom is 0.133 e. The average Bonchev–Trinajstić information content (AvgIpc) is 2.09. The number of benzene rings is 1. The molecule has 0 aliphatic rings. The Labute approximate surface area is 93.0 Å². The molecule has 0 unspecified atom stereocenters. The van der Waals surface area contributed by atoms with Gasteiger partial charge in [0, 0.05) is 0 Å². The molecule has 0 amide bonds. The third-order valence-electron chi connectivity index (χ3n) is 1.65. The van der Waals surface area contributed by atoms with Crippen LogP contribution in [0.2, 0.25) is 0 Å². The predicted octanol–water partition coefficient (Wildman–Crippen LogP) is 2.38. The lowest BCUT2D eigenvalue weighted by molar-refractivity contribution is 0.411. The Morgan fingerprint density at radius 2 is 2.15 bits per heavy atom. The first-order valence-electron chi connectivity index (χ1n) is 3.80. The molecule has 0 heterocycles. The first kappa shape index (κ1) is 12.8. The van der Waals surface area contributed by atoms with Crippen molar-refractivity contribution >= 4 is 28.3 Å². The molecule has 13 heavy (non-hydrogen) atoms. The molecular weight excluding hydrogens is 253 g/mol. The first-order valence-corrected chi connectivity index (χ1v) is 4.59. The molecule has 1 aromatic carbocycles. The quantitative estimate of drug-likeness (QED) is 0.912. The van der Waals surface area contributed by atoms with Crippen LogP contribution in [-0.2, 0) is 6.42 Å². The molecule has 0 aliphatic heterocycles. The summed E-state index contributed by atoms with van der Waals surface area (Å²) in [6.07, 6.45) is 0.892. The van der Waals surface area contributed by atoms with Gasteiger partial charge < -0.3 is 10.5 Å². The van der Waals surface area contributed by atoms with Gasteiger partial charge in [-0.1, -0.05) is 6.07 Å². The molecule has 0 atom stereocenters. The molecule has 0 radical (unpaired) electrons. The van der Waals surface area contributed by atoms with E-state index in [0.29, 0.717) is 6.54 Å². The molecular formula is C9H13BrClNO. The molecule has 0 saturated heterocycles. The van der Waals surface area contributed by atoms with Crippen molar-refractivity contribution in [3.8, 4) is 5.75 Å². The minimum absolute atomic E-state index is 0. The van der Waals surface area contributed by atoms with Crippen LogP contribution in [0.1, 0.15) is 5.56 Å². The first-order chi connectivity index (χ1) is 5.77. The van der Waals surface area contributed by atoms with Gasteiger partial charge >= 0.3 is 0 Å². The zero-order valence-electron chi connectivity index (χ0n) is 7.42. The van der Waals surface area contributed by atoms with Crippen molar-refractivity contribution in [1.29, 1.82) is 0 Å². The lowest BCUT2D eigenvalue weighted by Crippen LogP contribution is -2.02. The van der Waals surface area contributed by atoms with E-state index in [0.717, 1.165) is 16.6 Å². The fraction of sp³-hybridized carbons (Fsp3) is 0.333. The summed E-state index contributed by atoms with van der Waals surface area (Å²) < 4.78 is 6.12. The summed E-state index contributed by atoms with van der Waals surface area (Å²) in [5, 5.41) is 0. The summed E-state index contributed by atoms with van der Waals surface area (Å²) in [6, 6.07) is 6.01. The highest BCUT2D eigenvalue weighted by molar-refractivity contribution is 9.10. The second kappa shape index (κ2) is 6.24. The zero-order valence-corrected chi connectivity index (χ0v) is 9.82. The van der Waals surface area contributed by atoms with Crippen molar-refractivity contribution in [2.45, 2.75) is 6.42 Å².